The molecule has 1 aromatic rings. The quantitative estimate of drug-likeness (QED) is 0.851. The van der Waals surface area contributed by atoms with Gasteiger partial charge in [0, 0.05) is 17.3 Å². The summed E-state index contributed by atoms with van der Waals surface area (Å²) in [7, 11) is 0. The Hall–Kier alpha value is -0.470. The summed E-state index contributed by atoms with van der Waals surface area (Å²) < 4.78 is 0.538. The zero-order valence-corrected chi connectivity index (χ0v) is 13.4. The van der Waals surface area contributed by atoms with Crippen molar-refractivity contribution in [1.29, 1.82) is 0 Å². The van der Waals surface area contributed by atoms with E-state index in [4.69, 9.17) is 0 Å². The van der Waals surface area contributed by atoms with Crippen LogP contribution in [0.25, 0.3) is 0 Å². The zero-order chi connectivity index (χ0) is 13.8. The average Bonchev–Trinajstić information content (AvgIpc) is 2.48. The minimum atomic E-state index is 0.538. The summed E-state index contributed by atoms with van der Waals surface area (Å²) in [5.74, 6) is 0.797. The molecule has 0 aromatic heterocycles. The molecule has 0 saturated heterocycles. The molecule has 0 atom stereocenters. The van der Waals surface area contributed by atoms with Crippen LogP contribution in [0.2, 0.25) is 0 Å². The summed E-state index contributed by atoms with van der Waals surface area (Å²) in [6.45, 7) is 1.22. The van der Waals surface area contributed by atoms with Crippen LogP contribution in [-0.4, -0.2) is 23.6 Å². The van der Waals surface area contributed by atoms with E-state index in [0.717, 1.165) is 12.0 Å². The second-order valence-corrected chi connectivity index (χ2v) is 7.88. The first-order chi connectivity index (χ1) is 9.81. The first kappa shape index (κ1) is 14.5. The molecule has 20 heavy (non-hydrogen) atoms. The molecule has 0 bridgehead atoms. The molecule has 2 saturated carbocycles. The van der Waals surface area contributed by atoms with Gasteiger partial charge in [-0.05, 0) is 43.4 Å². The van der Waals surface area contributed by atoms with Crippen molar-refractivity contribution in [3.8, 4) is 0 Å². The Balaban J connectivity index is 1.45. The van der Waals surface area contributed by atoms with Crippen LogP contribution < -0.4 is 5.32 Å². The van der Waals surface area contributed by atoms with E-state index in [9.17, 15) is 0 Å². The normalized spacial score (nSPS) is 28.9. The highest BCUT2D eigenvalue weighted by Gasteiger charge is 2.35. The van der Waals surface area contributed by atoms with E-state index in [1.165, 1.54) is 57.1 Å². The monoisotopic (exact) mass is 289 g/mol. The lowest BCUT2D eigenvalue weighted by molar-refractivity contribution is 0.268. The lowest BCUT2D eigenvalue weighted by Crippen LogP contribution is -2.47. The third-order valence-corrected chi connectivity index (χ3v) is 6.74. The molecule has 0 amide bonds. The van der Waals surface area contributed by atoms with Gasteiger partial charge in [0.05, 0.1) is 0 Å². The largest absolute Gasteiger partial charge is 0.313 e. The lowest BCUT2D eigenvalue weighted by Gasteiger charge is -2.41. The first-order valence-corrected chi connectivity index (χ1v) is 9.37. The molecule has 1 N–H and O–H groups in total. The van der Waals surface area contributed by atoms with Crippen LogP contribution in [0.4, 0.5) is 0 Å². The van der Waals surface area contributed by atoms with Crippen LogP contribution in [0.5, 0.6) is 0 Å². The predicted octanol–water partition coefficient (Wildman–Crippen LogP) is 4.59. The molecule has 0 unspecified atom stereocenters. The number of hydrogen-bond donors (Lipinski definition) is 1. The van der Waals surface area contributed by atoms with Gasteiger partial charge >= 0.3 is 0 Å². The fourth-order valence-electron chi connectivity index (χ4n) is 3.76. The van der Waals surface area contributed by atoms with Crippen LogP contribution in [0.1, 0.15) is 56.4 Å². The summed E-state index contributed by atoms with van der Waals surface area (Å²) in [6, 6.07) is 11.8. The standard InChI is InChI=1S/C18H27NS/c1-20-18(10-6-3-7-11-18)14-19-17-12-16(13-17)15-8-4-2-5-9-15/h2,4-5,8-9,16-17,19H,3,6-7,10-14H2,1H3. The van der Waals surface area contributed by atoms with E-state index in [-0.39, 0.29) is 0 Å². The minimum absolute atomic E-state index is 0.538. The fourth-order valence-corrected chi connectivity index (χ4v) is 4.69. The number of hydrogen-bond acceptors (Lipinski definition) is 2. The van der Waals surface area contributed by atoms with Crippen molar-refractivity contribution in [2.24, 2.45) is 0 Å². The number of rotatable bonds is 5. The Morgan fingerprint density at radius 1 is 1.10 bits per heavy atom. The molecule has 2 fully saturated rings. The molecule has 0 heterocycles. The van der Waals surface area contributed by atoms with Crippen LogP contribution >= 0.6 is 11.8 Å². The summed E-state index contributed by atoms with van der Waals surface area (Å²) >= 11 is 2.10. The highest BCUT2D eigenvalue weighted by molar-refractivity contribution is 8.00. The summed E-state index contributed by atoms with van der Waals surface area (Å²) in [6.07, 6.45) is 12.1. The van der Waals surface area contributed by atoms with E-state index in [2.05, 4.69) is 53.7 Å². The first-order valence-electron chi connectivity index (χ1n) is 8.15. The van der Waals surface area contributed by atoms with Gasteiger partial charge in [-0.2, -0.15) is 11.8 Å². The minimum Gasteiger partial charge on any atom is -0.313 e. The van der Waals surface area contributed by atoms with Crippen molar-refractivity contribution >= 4 is 11.8 Å². The van der Waals surface area contributed by atoms with Crippen molar-refractivity contribution in [2.75, 3.05) is 12.8 Å². The van der Waals surface area contributed by atoms with Gasteiger partial charge < -0.3 is 5.32 Å². The third-order valence-electron chi connectivity index (χ3n) is 5.32. The number of benzene rings is 1. The molecule has 2 aliphatic carbocycles. The maximum absolute atomic E-state index is 3.86. The van der Waals surface area contributed by atoms with Crippen molar-refractivity contribution in [2.45, 2.75) is 61.7 Å². The molecule has 1 nitrogen and oxygen atoms in total. The molecule has 3 rings (SSSR count). The van der Waals surface area contributed by atoms with Gasteiger partial charge in [-0.1, -0.05) is 49.6 Å². The van der Waals surface area contributed by atoms with Crippen LogP contribution in [0, 0.1) is 0 Å². The third kappa shape index (κ3) is 3.23. The van der Waals surface area contributed by atoms with Crippen molar-refractivity contribution in [1.82, 2.24) is 5.32 Å². The molecule has 2 heteroatoms. The molecule has 1 aromatic carbocycles. The zero-order valence-electron chi connectivity index (χ0n) is 12.6. The van der Waals surface area contributed by atoms with Crippen LogP contribution in [0.15, 0.2) is 30.3 Å². The van der Waals surface area contributed by atoms with Crippen LogP contribution in [0.3, 0.4) is 0 Å². The smallest absolute Gasteiger partial charge is 0.0281 e. The predicted molar refractivity (Wildman–Crippen MR) is 89.5 cm³/mol. The summed E-state index contributed by atoms with van der Waals surface area (Å²) in [5.41, 5.74) is 1.53. The van der Waals surface area contributed by atoms with Gasteiger partial charge in [0.2, 0.25) is 0 Å². The lowest BCUT2D eigenvalue weighted by atomic mass is 9.75. The maximum atomic E-state index is 3.86. The second kappa shape index (κ2) is 6.53. The van der Waals surface area contributed by atoms with Gasteiger partial charge in [-0.15, -0.1) is 0 Å². The van der Waals surface area contributed by atoms with Gasteiger partial charge in [-0.25, -0.2) is 0 Å². The van der Waals surface area contributed by atoms with E-state index >= 15 is 0 Å². The highest BCUT2D eigenvalue weighted by atomic mass is 32.2. The molecule has 0 spiro atoms. The van der Waals surface area contributed by atoms with Gasteiger partial charge in [-0.3, -0.25) is 0 Å². The van der Waals surface area contributed by atoms with Gasteiger partial charge in [0.1, 0.15) is 0 Å². The Morgan fingerprint density at radius 3 is 2.45 bits per heavy atom. The highest BCUT2D eigenvalue weighted by Crippen LogP contribution is 2.40. The Bertz CT molecular complexity index is 405. The Labute approximate surface area is 127 Å². The van der Waals surface area contributed by atoms with Crippen molar-refractivity contribution < 1.29 is 0 Å². The van der Waals surface area contributed by atoms with Crippen LogP contribution in [-0.2, 0) is 0 Å². The molecule has 0 aliphatic heterocycles. The Kier molecular flexibility index (Phi) is 4.72. The summed E-state index contributed by atoms with van der Waals surface area (Å²) in [4.78, 5) is 0. The molecular formula is C18H27NS. The van der Waals surface area contributed by atoms with E-state index in [1.54, 1.807) is 0 Å². The van der Waals surface area contributed by atoms with E-state index in [0.29, 0.717) is 4.75 Å². The van der Waals surface area contributed by atoms with Crippen molar-refractivity contribution in [3.63, 3.8) is 0 Å². The fraction of sp³-hybridized carbons (Fsp3) is 0.667. The summed E-state index contributed by atoms with van der Waals surface area (Å²) in [5, 5.41) is 3.86. The molecule has 2 aliphatic rings. The number of nitrogens with one attached hydrogen (secondary N) is 1. The van der Waals surface area contributed by atoms with Gasteiger partial charge in [0.25, 0.3) is 0 Å². The van der Waals surface area contributed by atoms with E-state index in [1.807, 2.05) is 0 Å². The SMILES string of the molecule is CSC1(CNC2CC(c3ccccc3)C2)CCCCC1. The van der Waals surface area contributed by atoms with Crippen molar-refractivity contribution in [3.05, 3.63) is 35.9 Å². The maximum Gasteiger partial charge on any atom is 0.0281 e. The van der Waals surface area contributed by atoms with Gasteiger partial charge in [0.15, 0.2) is 0 Å². The topological polar surface area (TPSA) is 12.0 Å². The molecule has 0 radical (unpaired) electrons. The molecule has 110 valence electrons. The second-order valence-electron chi connectivity index (χ2n) is 6.60. The van der Waals surface area contributed by atoms with E-state index < -0.39 is 0 Å². The average molecular weight is 289 g/mol. The Morgan fingerprint density at radius 2 is 1.80 bits per heavy atom. The number of thioether (sulfide) groups is 1. The molecular weight excluding hydrogens is 262 g/mol.